The molecule has 0 saturated heterocycles. The van der Waals surface area contributed by atoms with Crippen molar-refractivity contribution in [2.24, 2.45) is 5.73 Å². The first-order valence-electron chi connectivity index (χ1n) is 8.62. The van der Waals surface area contributed by atoms with Gasteiger partial charge in [0, 0.05) is 6.42 Å². The Hall–Kier alpha value is -2.68. The summed E-state index contributed by atoms with van der Waals surface area (Å²) < 4.78 is 0. The topological polar surface area (TPSA) is 46.2 Å². The van der Waals surface area contributed by atoms with Crippen LogP contribution in [0.4, 0.5) is 0 Å². The number of nitrogens with two attached hydrogens (primary N) is 1. The van der Waals surface area contributed by atoms with Crippen molar-refractivity contribution < 1.29 is 5.11 Å². The molecule has 0 unspecified atom stereocenters. The van der Waals surface area contributed by atoms with E-state index in [4.69, 9.17) is 5.73 Å². The van der Waals surface area contributed by atoms with Gasteiger partial charge in [-0.2, -0.15) is 0 Å². The molecule has 0 aliphatic heterocycles. The van der Waals surface area contributed by atoms with Crippen LogP contribution in [-0.2, 0) is 6.42 Å². The summed E-state index contributed by atoms with van der Waals surface area (Å²) in [4.78, 5) is 0. The summed E-state index contributed by atoms with van der Waals surface area (Å²) in [7, 11) is 0. The Labute approximate surface area is 147 Å². The molecule has 25 heavy (non-hydrogen) atoms. The molecule has 4 rings (SSSR count). The molecule has 4 aromatic rings. The molecule has 2 nitrogen and oxygen atoms in total. The first kappa shape index (κ1) is 15.8. The van der Waals surface area contributed by atoms with Crippen molar-refractivity contribution in [3.05, 3.63) is 96.1 Å². The number of hydrogen-bond donors (Lipinski definition) is 2. The molecule has 0 radical (unpaired) electrons. The normalized spacial score (nSPS) is 13.8. The minimum absolute atomic E-state index is 0.448. The van der Waals surface area contributed by atoms with E-state index in [2.05, 4.69) is 30.3 Å². The summed E-state index contributed by atoms with van der Waals surface area (Å²) in [5.41, 5.74) is 8.69. The fourth-order valence-corrected chi connectivity index (χ4v) is 3.58. The van der Waals surface area contributed by atoms with E-state index in [1.54, 1.807) is 0 Å². The predicted octanol–water partition coefficient (Wildman–Crippen LogP) is 4.60. The van der Waals surface area contributed by atoms with Gasteiger partial charge >= 0.3 is 0 Å². The third kappa shape index (κ3) is 3.02. The summed E-state index contributed by atoms with van der Waals surface area (Å²) in [6.07, 6.45) is -0.101. The summed E-state index contributed by atoms with van der Waals surface area (Å²) in [6, 6.07) is 28.2. The van der Waals surface area contributed by atoms with E-state index < -0.39 is 12.1 Å². The Morgan fingerprint density at radius 3 is 1.84 bits per heavy atom. The number of aliphatic hydroxyl groups is 1. The highest BCUT2D eigenvalue weighted by Crippen LogP contribution is 2.33. The Morgan fingerprint density at radius 2 is 1.24 bits per heavy atom. The van der Waals surface area contributed by atoms with E-state index >= 15 is 0 Å². The molecule has 0 heterocycles. The molecular formula is C23H21NO. The molecule has 3 N–H and O–H groups in total. The van der Waals surface area contributed by atoms with E-state index in [9.17, 15) is 5.11 Å². The minimum atomic E-state index is -0.642. The maximum absolute atomic E-state index is 10.8. The Morgan fingerprint density at radius 1 is 0.720 bits per heavy atom. The van der Waals surface area contributed by atoms with Crippen LogP contribution in [0.25, 0.3) is 21.5 Å². The molecule has 0 aromatic heterocycles. The Balaban J connectivity index is 1.83. The molecule has 4 aromatic carbocycles. The first-order chi connectivity index (χ1) is 12.2. The third-order valence-electron chi connectivity index (χ3n) is 4.85. The van der Waals surface area contributed by atoms with Gasteiger partial charge in [-0.1, -0.05) is 78.9 Å². The number of fused-ring (bicyclic) bond motifs is 2. The van der Waals surface area contributed by atoms with Crippen LogP contribution in [-0.4, -0.2) is 11.2 Å². The van der Waals surface area contributed by atoms with Crippen LogP contribution >= 0.6 is 0 Å². The van der Waals surface area contributed by atoms with Crippen molar-refractivity contribution in [2.45, 2.75) is 18.6 Å². The van der Waals surface area contributed by atoms with Crippen molar-refractivity contribution in [1.82, 2.24) is 0 Å². The summed E-state index contributed by atoms with van der Waals surface area (Å²) in [6.45, 7) is 0. The van der Waals surface area contributed by atoms with Crippen LogP contribution in [0.15, 0.2) is 84.9 Å². The van der Waals surface area contributed by atoms with Gasteiger partial charge in [-0.15, -0.1) is 0 Å². The van der Waals surface area contributed by atoms with E-state index in [1.807, 2.05) is 54.6 Å². The van der Waals surface area contributed by atoms with Gasteiger partial charge in [-0.3, -0.25) is 0 Å². The lowest BCUT2D eigenvalue weighted by Gasteiger charge is -2.23. The molecule has 0 fully saturated rings. The minimum Gasteiger partial charge on any atom is -0.391 e. The zero-order valence-electron chi connectivity index (χ0n) is 14.0. The summed E-state index contributed by atoms with van der Waals surface area (Å²) >= 11 is 0. The van der Waals surface area contributed by atoms with Crippen LogP contribution in [0.3, 0.4) is 0 Å². The maximum atomic E-state index is 10.8. The largest absolute Gasteiger partial charge is 0.391 e. The van der Waals surface area contributed by atoms with E-state index in [0.29, 0.717) is 6.42 Å². The monoisotopic (exact) mass is 327 g/mol. The van der Waals surface area contributed by atoms with Crippen LogP contribution in [0.1, 0.15) is 17.2 Å². The van der Waals surface area contributed by atoms with Gasteiger partial charge in [0.1, 0.15) is 0 Å². The smallest absolute Gasteiger partial charge is 0.0773 e. The van der Waals surface area contributed by atoms with Crippen molar-refractivity contribution in [3.63, 3.8) is 0 Å². The van der Waals surface area contributed by atoms with Gasteiger partial charge in [-0.25, -0.2) is 0 Å². The number of hydrogen-bond acceptors (Lipinski definition) is 2. The van der Waals surface area contributed by atoms with Crippen LogP contribution in [0.5, 0.6) is 0 Å². The van der Waals surface area contributed by atoms with Gasteiger partial charge < -0.3 is 10.8 Å². The molecule has 124 valence electrons. The van der Waals surface area contributed by atoms with Gasteiger partial charge in [0.25, 0.3) is 0 Å². The molecule has 2 atom stereocenters. The lowest BCUT2D eigenvalue weighted by molar-refractivity contribution is 0.146. The predicted molar refractivity (Wildman–Crippen MR) is 105 cm³/mol. The second-order valence-electron chi connectivity index (χ2n) is 6.52. The molecule has 0 aliphatic rings. The third-order valence-corrected chi connectivity index (χ3v) is 4.85. The lowest BCUT2D eigenvalue weighted by Crippen LogP contribution is -2.28. The average Bonchev–Trinajstić information content (AvgIpc) is 2.66. The molecule has 0 aliphatic carbocycles. The highest BCUT2D eigenvalue weighted by atomic mass is 16.3. The lowest BCUT2D eigenvalue weighted by atomic mass is 9.88. The van der Waals surface area contributed by atoms with Gasteiger partial charge in [0.15, 0.2) is 0 Å². The highest BCUT2D eigenvalue weighted by Gasteiger charge is 2.21. The second-order valence-corrected chi connectivity index (χ2v) is 6.52. The Kier molecular flexibility index (Phi) is 4.22. The Bertz CT molecular complexity index is 956. The molecule has 0 saturated carbocycles. The quantitative estimate of drug-likeness (QED) is 0.538. The average molecular weight is 327 g/mol. The van der Waals surface area contributed by atoms with Crippen LogP contribution in [0.2, 0.25) is 0 Å². The van der Waals surface area contributed by atoms with Crippen molar-refractivity contribution >= 4 is 21.5 Å². The number of rotatable bonds is 4. The zero-order chi connectivity index (χ0) is 17.2. The van der Waals surface area contributed by atoms with E-state index in [-0.39, 0.29) is 0 Å². The van der Waals surface area contributed by atoms with E-state index in [0.717, 1.165) is 32.7 Å². The van der Waals surface area contributed by atoms with Crippen molar-refractivity contribution in [3.8, 4) is 0 Å². The molecule has 0 bridgehead atoms. The van der Waals surface area contributed by atoms with E-state index in [1.165, 1.54) is 0 Å². The van der Waals surface area contributed by atoms with Crippen molar-refractivity contribution in [2.75, 3.05) is 0 Å². The zero-order valence-corrected chi connectivity index (χ0v) is 14.0. The van der Waals surface area contributed by atoms with Gasteiger partial charge in [0.05, 0.1) is 12.1 Å². The molecule has 2 heteroatoms. The summed E-state index contributed by atoms with van der Waals surface area (Å²) in [5, 5.41) is 15.3. The standard InChI is InChI=1S/C23H21NO/c24-23(21(25)14-16-8-2-1-3-9-16)22-19-12-6-4-10-17(19)15-18-11-5-7-13-20(18)22/h1-13,15,21,23,25H,14,24H2/t21-,23-/m1/s1. The highest BCUT2D eigenvalue weighted by molar-refractivity contribution is 6.02. The fourth-order valence-electron chi connectivity index (χ4n) is 3.58. The molecule has 0 amide bonds. The summed E-state index contributed by atoms with van der Waals surface area (Å²) in [5.74, 6) is 0. The van der Waals surface area contributed by atoms with Gasteiger partial charge in [-0.05, 0) is 38.7 Å². The number of aliphatic hydroxyl groups excluding tert-OH is 1. The van der Waals surface area contributed by atoms with Crippen molar-refractivity contribution in [1.29, 1.82) is 0 Å². The van der Waals surface area contributed by atoms with Crippen LogP contribution in [0, 0.1) is 0 Å². The SMILES string of the molecule is N[C@@H](c1c2ccccc2cc2ccccc12)[C@H](O)Cc1ccccc1. The van der Waals surface area contributed by atoms with Gasteiger partial charge in [0.2, 0.25) is 0 Å². The second kappa shape index (κ2) is 6.67. The number of benzene rings is 4. The molecule has 0 spiro atoms. The molecular weight excluding hydrogens is 306 g/mol. The maximum Gasteiger partial charge on any atom is 0.0773 e. The first-order valence-corrected chi connectivity index (χ1v) is 8.62. The fraction of sp³-hybridized carbons (Fsp3) is 0.130. The van der Waals surface area contributed by atoms with Crippen LogP contribution < -0.4 is 5.73 Å².